The van der Waals surface area contributed by atoms with Gasteiger partial charge in [0.15, 0.2) is 5.82 Å². The molecule has 0 unspecified atom stereocenters. The van der Waals surface area contributed by atoms with Crippen LogP contribution in [0.25, 0.3) is 0 Å². The molecule has 100 valence electrons. The van der Waals surface area contributed by atoms with E-state index in [1.807, 2.05) is 0 Å². The summed E-state index contributed by atoms with van der Waals surface area (Å²) >= 11 is 11.2. The van der Waals surface area contributed by atoms with Crippen LogP contribution in [0.1, 0.15) is 0 Å². The summed E-state index contributed by atoms with van der Waals surface area (Å²) in [5.41, 5.74) is 0. The first kappa shape index (κ1) is 14.0. The molecule has 1 aromatic carbocycles. The van der Waals surface area contributed by atoms with Gasteiger partial charge in [0.25, 0.3) is 0 Å². The number of benzene rings is 1. The molecule has 8 heteroatoms. The topological polar surface area (TPSA) is 57.6 Å². The molecule has 1 aliphatic rings. The van der Waals surface area contributed by atoms with Crippen molar-refractivity contribution in [2.75, 3.05) is 19.7 Å². The van der Waals surface area contributed by atoms with Crippen molar-refractivity contribution in [3.8, 4) is 0 Å². The van der Waals surface area contributed by atoms with E-state index in [4.69, 9.17) is 28.3 Å². The summed E-state index contributed by atoms with van der Waals surface area (Å²) in [5.74, 6) is -1.02. The minimum absolute atomic E-state index is 0.0734. The molecule has 0 bridgehead atoms. The average molecular weight is 314 g/mol. The number of rotatable bonds is 3. The van der Waals surface area contributed by atoms with Gasteiger partial charge in [-0.25, -0.2) is 12.8 Å². The molecular formula is C10H10Cl2FNO3S. The Hall–Kier alpha value is -0.400. The van der Waals surface area contributed by atoms with E-state index in [2.05, 4.69) is 0 Å². The summed E-state index contributed by atoms with van der Waals surface area (Å²) < 4.78 is 38.8. The van der Waals surface area contributed by atoms with Gasteiger partial charge in [-0.05, 0) is 12.1 Å². The van der Waals surface area contributed by atoms with Gasteiger partial charge in [0.1, 0.15) is 4.90 Å². The summed E-state index contributed by atoms with van der Waals surface area (Å²) in [6.07, 6.45) is 0. The van der Waals surface area contributed by atoms with Crippen molar-refractivity contribution in [3.63, 3.8) is 0 Å². The van der Waals surface area contributed by atoms with Crippen LogP contribution in [0.3, 0.4) is 0 Å². The Morgan fingerprint density at radius 2 is 2.00 bits per heavy atom. The van der Waals surface area contributed by atoms with Crippen molar-refractivity contribution in [3.05, 3.63) is 28.0 Å². The first-order chi connectivity index (χ1) is 8.37. The maximum Gasteiger partial charge on any atom is 0.244 e. The largest absolute Gasteiger partial charge is 0.396 e. The van der Waals surface area contributed by atoms with E-state index in [0.717, 1.165) is 10.4 Å². The summed E-state index contributed by atoms with van der Waals surface area (Å²) in [4.78, 5) is -0.303. The van der Waals surface area contributed by atoms with Crippen LogP contribution in [0, 0.1) is 11.7 Å². The van der Waals surface area contributed by atoms with Gasteiger partial charge in [0.2, 0.25) is 10.0 Å². The Balaban J connectivity index is 2.35. The smallest absolute Gasteiger partial charge is 0.244 e. The third kappa shape index (κ3) is 2.23. The minimum Gasteiger partial charge on any atom is -0.396 e. The molecular weight excluding hydrogens is 304 g/mol. The number of hydrogen-bond donors (Lipinski definition) is 1. The second kappa shape index (κ2) is 4.94. The van der Waals surface area contributed by atoms with Crippen LogP contribution < -0.4 is 0 Å². The Morgan fingerprint density at radius 1 is 1.39 bits per heavy atom. The fourth-order valence-corrected chi connectivity index (χ4v) is 3.99. The predicted molar refractivity (Wildman–Crippen MR) is 65.8 cm³/mol. The van der Waals surface area contributed by atoms with Gasteiger partial charge in [-0.15, -0.1) is 0 Å². The monoisotopic (exact) mass is 313 g/mol. The third-order valence-corrected chi connectivity index (χ3v) is 5.45. The number of aliphatic hydroxyl groups is 1. The molecule has 1 heterocycles. The van der Waals surface area contributed by atoms with Crippen LogP contribution in [0.15, 0.2) is 17.0 Å². The Kier molecular flexibility index (Phi) is 3.85. The molecule has 0 saturated carbocycles. The number of halogens is 3. The highest BCUT2D eigenvalue weighted by molar-refractivity contribution is 7.89. The van der Waals surface area contributed by atoms with Gasteiger partial charge in [-0.3, -0.25) is 0 Å². The lowest BCUT2D eigenvalue weighted by atomic mass is 10.1. The van der Waals surface area contributed by atoms with Crippen molar-refractivity contribution >= 4 is 33.2 Å². The van der Waals surface area contributed by atoms with E-state index in [-0.39, 0.29) is 35.5 Å². The molecule has 0 aliphatic carbocycles. The normalized spacial score (nSPS) is 17.8. The van der Waals surface area contributed by atoms with Crippen molar-refractivity contribution in [1.29, 1.82) is 0 Å². The number of aliphatic hydroxyl groups excluding tert-OH is 1. The lowest BCUT2D eigenvalue weighted by Gasteiger charge is -2.37. The van der Waals surface area contributed by atoms with Crippen LogP contribution in [-0.2, 0) is 10.0 Å². The summed E-state index contributed by atoms with van der Waals surface area (Å²) in [5, 5.41) is 8.12. The Bertz CT molecular complexity index is 573. The lowest BCUT2D eigenvalue weighted by molar-refractivity contribution is 0.117. The van der Waals surface area contributed by atoms with Crippen molar-refractivity contribution in [1.82, 2.24) is 4.31 Å². The maximum atomic E-state index is 13.5. The van der Waals surface area contributed by atoms with Gasteiger partial charge in [0.05, 0.1) is 10.0 Å². The molecule has 0 radical (unpaired) electrons. The molecule has 1 saturated heterocycles. The van der Waals surface area contributed by atoms with Crippen molar-refractivity contribution < 1.29 is 17.9 Å². The zero-order valence-corrected chi connectivity index (χ0v) is 11.4. The number of sulfonamides is 1. The highest BCUT2D eigenvalue weighted by atomic mass is 35.5. The van der Waals surface area contributed by atoms with E-state index in [0.29, 0.717) is 0 Å². The summed E-state index contributed by atoms with van der Waals surface area (Å²) in [7, 11) is -3.82. The summed E-state index contributed by atoms with van der Waals surface area (Å²) in [6.45, 7) is 0.341. The molecule has 0 amide bonds. The van der Waals surface area contributed by atoms with Crippen molar-refractivity contribution in [2.24, 2.45) is 5.92 Å². The molecule has 1 N–H and O–H groups in total. The molecule has 1 aliphatic heterocycles. The Labute approximate surface area is 114 Å². The molecule has 1 aromatic rings. The van der Waals surface area contributed by atoms with Gasteiger partial charge in [-0.1, -0.05) is 23.2 Å². The van der Waals surface area contributed by atoms with Crippen LogP contribution in [0.5, 0.6) is 0 Å². The van der Waals surface area contributed by atoms with Gasteiger partial charge >= 0.3 is 0 Å². The molecule has 0 aromatic heterocycles. The van der Waals surface area contributed by atoms with E-state index in [9.17, 15) is 12.8 Å². The Morgan fingerprint density at radius 3 is 2.56 bits per heavy atom. The van der Waals surface area contributed by atoms with Gasteiger partial charge < -0.3 is 5.11 Å². The highest BCUT2D eigenvalue weighted by Gasteiger charge is 2.37. The van der Waals surface area contributed by atoms with Gasteiger partial charge in [0, 0.05) is 25.6 Å². The van der Waals surface area contributed by atoms with E-state index >= 15 is 0 Å². The second-order valence-electron chi connectivity index (χ2n) is 4.04. The standard InChI is InChI=1S/C10H10Cl2FNO3S/c11-7-1-2-8(9(12)10(7)13)18(16,17)14-3-6(4-14)5-15/h1-2,6,15H,3-5H2. The molecule has 4 nitrogen and oxygen atoms in total. The molecule has 1 fully saturated rings. The van der Waals surface area contributed by atoms with Crippen LogP contribution in [0.4, 0.5) is 4.39 Å². The number of hydrogen-bond acceptors (Lipinski definition) is 3. The average Bonchev–Trinajstić information content (AvgIpc) is 2.23. The van der Waals surface area contributed by atoms with Gasteiger partial charge in [-0.2, -0.15) is 4.31 Å². The van der Waals surface area contributed by atoms with Crippen LogP contribution in [-0.4, -0.2) is 37.5 Å². The van der Waals surface area contributed by atoms with E-state index < -0.39 is 20.9 Å². The predicted octanol–water partition coefficient (Wildman–Crippen LogP) is 1.75. The SMILES string of the molecule is O=S(=O)(c1ccc(Cl)c(F)c1Cl)N1CC(CO)C1. The zero-order chi connectivity index (χ0) is 13.5. The van der Waals surface area contributed by atoms with E-state index in [1.165, 1.54) is 6.07 Å². The zero-order valence-electron chi connectivity index (χ0n) is 9.11. The van der Waals surface area contributed by atoms with Crippen LogP contribution in [0.2, 0.25) is 10.0 Å². The van der Waals surface area contributed by atoms with E-state index in [1.54, 1.807) is 0 Å². The molecule has 0 atom stereocenters. The van der Waals surface area contributed by atoms with Crippen LogP contribution >= 0.6 is 23.2 Å². The number of nitrogens with zero attached hydrogens (tertiary/aromatic N) is 1. The first-order valence-corrected chi connectivity index (χ1v) is 7.32. The molecule has 2 rings (SSSR count). The maximum absolute atomic E-state index is 13.5. The fourth-order valence-electron chi connectivity index (χ4n) is 1.68. The van der Waals surface area contributed by atoms with Crippen molar-refractivity contribution in [2.45, 2.75) is 4.90 Å². The third-order valence-electron chi connectivity index (χ3n) is 2.80. The second-order valence-corrected chi connectivity index (χ2v) is 6.74. The molecule has 0 spiro atoms. The summed E-state index contributed by atoms with van der Waals surface area (Å²) in [6, 6.07) is 2.33. The lowest BCUT2D eigenvalue weighted by Crippen LogP contribution is -2.51. The highest BCUT2D eigenvalue weighted by Crippen LogP contribution is 2.33. The minimum atomic E-state index is -3.82. The first-order valence-electron chi connectivity index (χ1n) is 5.12. The quantitative estimate of drug-likeness (QED) is 0.865. The fraction of sp³-hybridized carbons (Fsp3) is 0.400. The molecule has 18 heavy (non-hydrogen) atoms.